The van der Waals surface area contributed by atoms with Crippen LogP contribution in [-0.2, 0) is 6.42 Å². The van der Waals surface area contributed by atoms with E-state index in [0.29, 0.717) is 24.8 Å². The number of ether oxygens (including phenoxy) is 1. The second-order valence-corrected chi connectivity index (χ2v) is 7.62. The molecule has 0 saturated carbocycles. The summed E-state index contributed by atoms with van der Waals surface area (Å²) in [5.41, 5.74) is 2.60. The first-order valence-electron chi connectivity index (χ1n) is 9.50. The van der Waals surface area contributed by atoms with E-state index in [0.717, 1.165) is 35.4 Å². The Labute approximate surface area is 168 Å². The highest BCUT2D eigenvalue weighted by Crippen LogP contribution is 2.25. The third-order valence-electron chi connectivity index (χ3n) is 4.77. The summed E-state index contributed by atoms with van der Waals surface area (Å²) in [5, 5.41) is 2.69. The largest absolute Gasteiger partial charge is 0.458 e. The Bertz CT molecular complexity index is 927. The van der Waals surface area contributed by atoms with Crippen molar-refractivity contribution in [1.82, 2.24) is 19.9 Å². The van der Waals surface area contributed by atoms with Gasteiger partial charge in [-0.2, -0.15) is 0 Å². The average Bonchev–Trinajstić information content (AvgIpc) is 3.25. The zero-order valence-electron chi connectivity index (χ0n) is 15.7. The molecule has 1 aliphatic rings. The average molecular weight is 395 g/mol. The highest BCUT2D eigenvalue weighted by atomic mass is 32.1. The highest BCUT2D eigenvalue weighted by molar-refractivity contribution is 7.13. The molecule has 1 fully saturated rings. The monoisotopic (exact) mass is 394 g/mol. The molecule has 0 N–H and O–H groups in total. The number of nitrogens with zero attached hydrogens (tertiary/aromatic N) is 4. The second kappa shape index (κ2) is 8.48. The molecule has 1 aliphatic heterocycles. The zero-order valence-corrected chi connectivity index (χ0v) is 16.6. The molecule has 0 aliphatic carbocycles. The number of piperidine rings is 1. The van der Waals surface area contributed by atoms with Crippen LogP contribution in [0.2, 0.25) is 0 Å². The van der Waals surface area contributed by atoms with E-state index < -0.39 is 0 Å². The Morgan fingerprint density at radius 2 is 2.04 bits per heavy atom. The van der Waals surface area contributed by atoms with Gasteiger partial charge in [-0.05, 0) is 24.8 Å². The third-order valence-corrected chi connectivity index (χ3v) is 5.66. The summed E-state index contributed by atoms with van der Waals surface area (Å²) in [6, 6.07) is 10.3. The van der Waals surface area contributed by atoms with Gasteiger partial charge in [0, 0.05) is 29.9 Å². The Morgan fingerprint density at radius 3 is 2.79 bits per heavy atom. The summed E-state index contributed by atoms with van der Waals surface area (Å²) < 4.78 is 5.91. The van der Waals surface area contributed by atoms with Gasteiger partial charge in [0.1, 0.15) is 16.8 Å². The molecule has 1 atom stereocenters. The van der Waals surface area contributed by atoms with Gasteiger partial charge in [0.15, 0.2) is 0 Å². The van der Waals surface area contributed by atoms with Crippen LogP contribution in [0.4, 0.5) is 0 Å². The lowest BCUT2D eigenvalue weighted by atomic mass is 10.1. The van der Waals surface area contributed by atoms with E-state index in [-0.39, 0.29) is 12.0 Å². The smallest absolute Gasteiger partial charge is 0.316 e. The first kappa shape index (κ1) is 18.6. The summed E-state index contributed by atoms with van der Waals surface area (Å²) >= 11 is 1.49. The first-order chi connectivity index (χ1) is 13.7. The fourth-order valence-electron chi connectivity index (χ4n) is 3.20. The van der Waals surface area contributed by atoms with Crippen LogP contribution in [-0.4, -0.2) is 45.0 Å². The molecule has 1 unspecified atom stereocenters. The molecule has 0 bridgehead atoms. The van der Waals surface area contributed by atoms with Crippen molar-refractivity contribution in [3.63, 3.8) is 0 Å². The molecular formula is C21H22N4O2S. The first-order valence-corrected chi connectivity index (χ1v) is 10.4. The number of carbonyl (C=O) groups is 1. The number of benzene rings is 1. The summed E-state index contributed by atoms with van der Waals surface area (Å²) in [6.45, 7) is 3.30. The van der Waals surface area contributed by atoms with Gasteiger partial charge in [-0.3, -0.25) is 4.79 Å². The van der Waals surface area contributed by atoms with Gasteiger partial charge in [-0.1, -0.05) is 37.3 Å². The lowest BCUT2D eigenvalue weighted by Gasteiger charge is -2.31. The van der Waals surface area contributed by atoms with Crippen molar-refractivity contribution in [2.75, 3.05) is 13.1 Å². The molecular weight excluding hydrogens is 372 g/mol. The molecule has 7 heteroatoms. The summed E-state index contributed by atoms with van der Waals surface area (Å²) in [4.78, 5) is 27.8. The van der Waals surface area contributed by atoms with Crippen LogP contribution in [0.15, 0.2) is 48.1 Å². The van der Waals surface area contributed by atoms with Crippen LogP contribution >= 0.6 is 11.3 Å². The minimum Gasteiger partial charge on any atom is -0.458 e. The van der Waals surface area contributed by atoms with Crippen LogP contribution in [0.1, 0.15) is 35.8 Å². The number of likely N-dealkylation sites (tertiary alicyclic amines) is 1. The molecule has 1 amide bonds. The number of carbonyl (C=O) groups excluding carboxylic acids is 1. The maximum Gasteiger partial charge on any atom is 0.316 e. The number of rotatable bonds is 5. The van der Waals surface area contributed by atoms with Crippen LogP contribution in [0, 0.1) is 0 Å². The molecule has 0 spiro atoms. The lowest BCUT2D eigenvalue weighted by Crippen LogP contribution is -2.44. The number of aromatic nitrogens is 3. The van der Waals surface area contributed by atoms with Crippen LogP contribution in [0.3, 0.4) is 0 Å². The fraction of sp³-hybridized carbons (Fsp3) is 0.333. The number of amides is 1. The van der Waals surface area contributed by atoms with Crippen molar-refractivity contribution in [1.29, 1.82) is 0 Å². The van der Waals surface area contributed by atoms with Gasteiger partial charge in [0.05, 0.1) is 6.54 Å². The maximum atomic E-state index is 12.9. The Morgan fingerprint density at radius 1 is 1.25 bits per heavy atom. The van der Waals surface area contributed by atoms with Gasteiger partial charge in [0.25, 0.3) is 5.91 Å². The minimum atomic E-state index is -0.0996. The van der Waals surface area contributed by atoms with E-state index in [1.165, 1.54) is 11.3 Å². The topological polar surface area (TPSA) is 68.2 Å². The lowest BCUT2D eigenvalue weighted by molar-refractivity contribution is 0.0511. The van der Waals surface area contributed by atoms with Crippen LogP contribution < -0.4 is 4.74 Å². The molecule has 2 aromatic heterocycles. The maximum absolute atomic E-state index is 12.9. The van der Waals surface area contributed by atoms with E-state index in [4.69, 9.17) is 4.74 Å². The molecule has 4 rings (SSSR count). The number of thiazole rings is 1. The Hall–Kier alpha value is -2.80. The number of aryl methyl sites for hydroxylation is 1. The van der Waals surface area contributed by atoms with Gasteiger partial charge in [-0.25, -0.2) is 15.0 Å². The Kier molecular flexibility index (Phi) is 5.62. The normalized spacial score (nSPS) is 16.8. The van der Waals surface area contributed by atoms with Crippen LogP contribution in [0.5, 0.6) is 6.01 Å². The standard InChI is InChI=1S/C21H22N4O2S/c1-2-15-11-22-21(23-12-15)27-17-9-6-10-25(13-17)20(26)18-14-28-19(24-18)16-7-4-3-5-8-16/h3-5,7-8,11-12,14,17H,2,6,9-10,13H2,1H3. The van der Waals surface area contributed by atoms with Gasteiger partial charge >= 0.3 is 6.01 Å². The van der Waals surface area contributed by atoms with E-state index in [1.54, 1.807) is 12.4 Å². The molecule has 28 heavy (non-hydrogen) atoms. The molecule has 3 aromatic rings. The highest BCUT2D eigenvalue weighted by Gasteiger charge is 2.27. The van der Waals surface area contributed by atoms with Gasteiger partial charge in [0.2, 0.25) is 0 Å². The molecule has 144 valence electrons. The summed E-state index contributed by atoms with van der Waals surface area (Å²) in [7, 11) is 0. The number of hydrogen-bond donors (Lipinski definition) is 0. The van der Waals surface area contributed by atoms with Crippen molar-refractivity contribution in [3.8, 4) is 16.6 Å². The molecule has 3 heterocycles. The molecule has 1 saturated heterocycles. The predicted molar refractivity (Wildman–Crippen MR) is 109 cm³/mol. The van der Waals surface area contributed by atoms with Gasteiger partial charge in [-0.15, -0.1) is 11.3 Å². The summed E-state index contributed by atoms with van der Waals surface area (Å²) in [6.07, 6.45) is 6.14. The van der Waals surface area contributed by atoms with Crippen LogP contribution in [0.25, 0.3) is 10.6 Å². The second-order valence-electron chi connectivity index (χ2n) is 6.76. The van der Waals surface area contributed by atoms with Crippen molar-refractivity contribution >= 4 is 17.2 Å². The Balaban J connectivity index is 1.41. The van der Waals surface area contributed by atoms with Crippen molar-refractivity contribution < 1.29 is 9.53 Å². The van der Waals surface area contributed by atoms with E-state index in [9.17, 15) is 4.79 Å². The summed E-state index contributed by atoms with van der Waals surface area (Å²) in [5.74, 6) is -0.0472. The molecule has 6 nitrogen and oxygen atoms in total. The zero-order chi connectivity index (χ0) is 19.3. The number of hydrogen-bond acceptors (Lipinski definition) is 6. The quantitative estimate of drug-likeness (QED) is 0.658. The predicted octanol–water partition coefficient (Wildman–Crippen LogP) is 3.85. The van der Waals surface area contributed by atoms with E-state index >= 15 is 0 Å². The molecule has 0 radical (unpaired) electrons. The molecule has 1 aromatic carbocycles. The fourth-order valence-corrected chi connectivity index (χ4v) is 4.00. The van der Waals surface area contributed by atoms with Crippen molar-refractivity contribution in [3.05, 3.63) is 59.4 Å². The van der Waals surface area contributed by atoms with E-state index in [1.807, 2.05) is 40.6 Å². The van der Waals surface area contributed by atoms with Gasteiger partial charge < -0.3 is 9.64 Å². The SMILES string of the molecule is CCc1cnc(OC2CCCN(C(=O)c3csc(-c4ccccc4)n3)C2)nc1. The third kappa shape index (κ3) is 4.20. The van der Waals surface area contributed by atoms with E-state index in [2.05, 4.69) is 21.9 Å². The minimum absolute atomic E-state index is 0.0472. The van der Waals surface area contributed by atoms with Crippen molar-refractivity contribution in [2.24, 2.45) is 0 Å². The van der Waals surface area contributed by atoms with Crippen molar-refractivity contribution in [2.45, 2.75) is 32.3 Å².